The summed E-state index contributed by atoms with van der Waals surface area (Å²) in [6.45, 7) is 8.57. The van der Waals surface area contributed by atoms with Crippen LogP contribution in [0.5, 0.6) is 5.75 Å². The molecule has 1 amide bonds. The molecule has 0 aromatic heterocycles. The fourth-order valence-electron chi connectivity index (χ4n) is 4.62. The number of ether oxygens (including phenoxy) is 2. The molecule has 39 heavy (non-hydrogen) atoms. The van der Waals surface area contributed by atoms with Gasteiger partial charge in [-0.15, -0.1) is 0 Å². The van der Waals surface area contributed by atoms with E-state index in [1.807, 2.05) is 38.1 Å². The first-order valence-electron chi connectivity index (χ1n) is 13.0. The molecule has 202 valence electrons. The van der Waals surface area contributed by atoms with Crippen LogP contribution in [0.4, 0.5) is 5.69 Å². The van der Waals surface area contributed by atoms with Crippen LogP contribution in [0.3, 0.4) is 0 Å². The second-order valence-electron chi connectivity index (χ2n) is 9.99. The molecule has 0 radical (unpaired) electrons. The fraction of sp³-hybridized carbons (Fsp3) is 0.281. The molecule has 1 atom stereocenters. The van der Waals surface area contributed by atoms with Crippen molar-refractivity contribution in [1.82, 2.24) is 0 Å². The highest BCUT2D eigenvalue weighted by atomic mass is 16.5. The number of ketones is 1. The summed E-state index contributed by atoms with van der Waals surface area (Å²) in [6, 6.07) is 18.2. The average molecular weight is 528 g/mol. The van der Waals surface area contributed by atoms with Gasteiger partial charge in [-0.05, 0) is 72.4 Å². The molecule has 1 aliphatic rings. The van der Waals surface area contributed by atoms with Crippen LogP contribution in [0.15, 0.2) is 72.3 Å². The predicted molar refractivity (Wildman–Crippen MR) is 150 cm³/mol. The van der Waals surface area contributed by atoms with Crippen molar-refractivity contribution in [3.63, 3.8) is 0 Å². The Morgan fingerprint density at radius 1 is 1.00 bits per heavy atom. The Morgan fingerprint density at radius 3 is 2.33 bits per heavy atom. The largest absolute Gasteiger partial charge is 0.507 e. The summed E-state index contributed by atoms with van der Waals surface area (Å²) in [5.41, 5.74) is 3.51. The van der Waals surface area contributed by atoms with E-state index in [0.29, 0.717) is 35.1 Å². The van der Waals surface area contributed by atoms with E-state index in [9.17, 15) is 19.5 Å². The maximum absolute atomic E-state index is 13.5. The molecule has 4 rings (SSSR count). The number of aliphatic hydroxyl groups excluding tert-OH is 1. The van der Waals surface area contributed by atoms with E-state index in [4.69, 9.17) is 9.47 Å². The SMILES string of the molecule is CCc1ccc(C2/C(=C(\O)c3ccc(OCC(C)C)c(C)c3)C(=O)C(=O)N2c2cccc(C(=O)OC)c2)cc1. The van der Waals surface area contributed by atoms with Crippen LogP contribution in [0.25, 0.3) is 5.76 Å². The summed E-state index contributed by atoms with van der Waals surface area (Å²) in [5.74, 6) is -1.40. The summed E-state index contributed by atoms with van der Waals surface area (Å²) in [6.07, 6.45) is 0.826. The topological polar surface area (TPSA) is 93.1 Å². The molecule has 1 N–H and O–H groups in total. The van der Waals surface area contributed by atoms with Gasteiger partial charge in [0, 0.05) is 11.3 Å². The number of carbonyl (C=O) groups excluding carboxylic acids is 3. The first-order chi connectivity index (χ1) is 18.7. The number of aryl methyl sites for hydroxylation is 2. The van der Waals surface area contributed by atoms with Crippen molar-refractivity contribution in [1.29, 1.82) is 0 Å². The number of rotatable bonds is 8. The minimum Gasteiger partial charge on any atom is -0.507 e. The Bertz CT molecular complexity index is 1440. The van der Waals surface area contributed by atoms with Gasteiger partial charge in [-0.3, -0.25) is 14.5 Å². The number of hydrogen-bond donors (Lipinski definition) is 1. The molecule has 1 saturated heterocycles. The fourth-order valence-corrected chi connectivity index (χ4v) is 4.62. The van der Waals surface area contributed by atoms with E-state index in [-0.39, 0.29) is 16.9 Å². The van der Waals surface area contributed by atoms with E-state index < -0.39 is 23.7 Å². The lowest BCUT2D eigenvalue weighted by Crippen LogP contribution is -2.29. The third-order valence-corrected chi connectivity index (χ3v) is 6.71. The minimum atomic E-state index is -0.902. The van der Waals surface area contributed by atoms with Crippen molar-refractivity contribution in [2.75, 3.05) is 18.6 Å². The third-order valence-electron chi connectivity index (χ3n) is 6.71. The van der Waals surface area contributed by atoms with Gasteiger partial charge in [0.2, 0.25) is 0 Å². The van der Waals surface area contributed by atoms with Crippen molar-refractivity contribution in [3.8, 4) is 5.75 Å². The van der Waals surface area contributed by atoms with Gasteiger partial charge in [-0.1, -0.05) is 51.1 Å². The first-order valence-corrected chi connectivity index (χ1v) is 13.0. The number of benzene rings is 3. The lowest BCUT2D eigenvalue weighted by Gasteiger charge is -2.26. The van der Waals surface area contributed by atoms with E-state index in [0.717, 1.165) is 17.5 Å². The van der Waals surface area contributed by atoms with Gasteiger partial charge >= 0.3 is 5.97 Å². The molecule has 7 nitrogen and oxygen atoms in total. The highest BCUT2D eigenvalue weighted by Gasteiger charge is 2.47. The average Bonchev–Trinajstić information content (AvgIpc) is 3.21. The quantitative estimate of drug-likeness (QED) is 0.167. The number of aliphatic hydroxyl groups is 1. The van der Waals surface area contributed by atoms with Gasteiger partial charge in [0.25, 0.3) is 11.7 Å². The number of esters is 1. The van der Waals surface area contributed by atoms with Crippen LogP contribution in [-0.2, 0) is 20.7 Å². The zero-order valence-electron chi connectivity index (χ0n) is 22.9. The number of anilines is 1. The first kappa shape index (κ1) is 27.6. The van der Waals surface area contributed by atoms with E-state index in [2.05, 4.69) is 13.8 Å². The Kier molecular flexibility index (Phi) is 8.19. The van der Waals surface area contributed by atoms with Crippen molar-refractivity contribution < 1.29 is 29.0 Å². The predicted octanol–water partition coefficient (Wildman–Crippen LogP) is 6.01. The van der Waals surface area contributed by atoms with Crippen LogP contribution in [0.1, 0.15) is 59.4 Å². The van der Waals surface area contributed by atoms with Gasteiger partial charge in [-0.25, -0.2) is 4.79 Å². The number of hydrogen-bond acceptors (Lipinski definition) is 6. The molecule has 7 heteroatoms. The second-order valence-corrected chi connectivity index (χ2v) is 9.99. The molecule has 1 unspecified atom stereocenters. The molecular formula is C32H33NO6. The molecule has 0 aliphatic carbocycles. The summed E-state index contributed by atoms with van der Waals surface area (Å²) >= 11 is 0. The summed E-state index contributed by atoms with van der Waals surface area (Å²) in [5, 5.41) is 11.5. The van der Waals surface area contributed by atoms with Gasteiger partial charge in [0.1, 0.15) is 11.5 Å². The zero-order chi connectivity index (χ0) is 28.3. The highest BCUT2D eigenvalue weighted by Crippen LogP contribution is 2.42. The lowest BCUT2D eigenvalue weighted by atomic mass is 9.93. The third kappa shape index (κ3) is 5.58. The Hall–Kier alpha value is -4.39. The van der Waals surface area contributed by atoms with Crippen LogP contribution in [0, 0.1) is 12.8 Å². The number of Topliss-reactive ketones (excluding diaryl/α,β-unsaturated/α-hetero) is 1. The number of methoxy groups -OCH3 is 1. The molecule has 1 aliphatic heterocycles. The van der Waals surface area contributed by atoms with Crippen LogP contribution in [-0.4, -0.2) is 36.5 Å². The Morgan fingerprint density at radius 2 is 1.72 bits per heavy atom. The van der Waals surface area contributed by atoms with Crippen molar-refractivity contribution in [2.24, 2.45) is 5.92 Å². The summed E-state index contributed by atoms with van der Waals surface area (Å²) < 4.78 is 10.7. The van der Waals surface area contributed by atoms with E-state index in [1.54, 1.807) is 36.4 Å². The number of carbonyl (C=O) groups is 3. The Balaban J connectivity index is 1.86. The maximum Gasteiger partial charge on any atom is 0.337 e. The monoisotopic (exact) mass is 527 g/mol. The normalized spacial score (nSPS) is 16.6. The maximum atomic E-state index is 13.5. The zero-order valence-corrected chi connectivity index (χ0v) is 22.9. The van der Waals surface area contributed by atoms with Gasteiger partial charge < -0.3 is 14.6 Å². The highest BCUT2D eigenvalue weighted by molar-refractivity contribution is 6.51. The molecule has 3 aromatic rings. The van der Waals surface area contributed by atoms with Crippen LogP contribution in [0.2, 0.25) is 0 Å². The molecule has 0 saturated carbocycles. The number of nitrogens with zero attached hydrogens (tertiary/aromatic N) is 1. The molecule has 1 fully saturated rings. The molecule has 1 heterocycles. The molecule has 3 aromatic carbocycles. The Labute approximate surface area is 228 Å². The van der Waals surface area contributed by atoms with Crippen molar-refractivity contribution in [2.45, 2.75) is 40.2 Å². The second kappa shape index (κ2) is 11.6. The van der Waals surface area contributed by atoms with Crippen molar-refractivity contribution in [3.05, 3.63) is 100 Å². The van der Waals surface area contributed by atoms with Gasteiger partial charge in [0.05, 0.1) is 30.9 Å². The summed E-state index contributed by atoms with van der Waals surface area (Å²) in [7, 11) is 1.28. The van der Waals surface area contributed by atoms with Gasteiger partial charge in [0.15, 0.2) is 0 Å². The minimum absolute atomic E-state index is 0.0250. The van der Waals surface area contributed by atoms with E-state index in [1.165, 1.54) is 18.1 Å². The molecule has 0 spiro atoms. The molecular weight excluding hydrogens is 494 g/mol. The van der Waals surface area contributed by atoms with Gasteiger partial charge in [-0.2, -0.15) is 0 Å². The van der Waals surface area contributed by atoms with Crippen molar-refractivity contribution >= 4 is 29.1 Å². The van der Waals surface area contributed by atoms with E-state index >= 15 is 0 Å². The standard InChI is InChI=1S/C32H33NO6/c1-6-21-10-12-22(13-11-21)28-27(29(34)23-14-15-26(20(4)16-23)39-18-19(2)3)30(35)31(36)33(28)25-9-7-8-24(17-25)32(37)38-5/h7-17,19,28,34H,6,18H2,1-5H3/b29-27+. The summed E-state index contributed by atoms with van der Waals surface area (Å²) in [4.78, 5) is 40.5. The number of amides is 1. The van der Waals surface area contributed by atoms with Crippen LogP contribution >= 0.6 is 0 Å². The lowest BCUT2D eigenvalue weighted by molar-refractivity contribution is -0.132. The molecule has 0 bridgehead atoms. The van der Waals surface area contributed by atoms with Crippen LogP contribution < -0.4 is 9.64 Å². The smallest absolute Gasteiger partial charge is 0.337 e.